The first kappa shape index (κ1) is 18.2. The molecule has 1 aliphatic rings. The number of carbonyl (C=O) groups excluding carboxylic acids is 1. The Morgan fingerprint density at radius 2 is 1.85 bits per heavy atom. The van der Waals surface area contributed by atoms with Crippen molar-refractivity contribution >= 4 is 15.9 Å². The molecule has 1 aliphatic heterocycles. The van der Waals surface area contributed by atoms with Gasteiger partial charge in [-0.15, -0.1) is 0 Å². The van der Waals surface area contributed by atoms with E-state index in [2.05, 4.69) is 5.32 Å². The summed E-state index contributed by atoms with van der Waals surface area (Å²) >= 11 is 0. The van der Waals surface area contributed by atoms with Crippen LogP contribution in [-0.4, -0.2) is 39.5 Å². The number of rotatable bonds is 5. The van der Waals surface area contributed by atoms with Gasteiger partial charge in [-0.2, -0.15) is 0 Å². The summed E-state index contributed by atoms with van der Waals surface area (Å²) in [5.41, 5.74) is 1.73. The number of nitrogens with zero attached hydrogens (tertiary/aromatic N) is 1. The Bertz CT molecular complexity index is 954. The summed E-state index contributed by atoms with van der Waals surface area (Å²) in [5.74, 6) is 0.974. The molecule has 0 bridgehead atoms. The molecule has 26 heavy (non-hydrogen) atoms. The van der Waals surface area contributed by atoms with Crippen LogP contribution in [-0.2, 0) is 16.6 Å². The topological polar surface area (TPSA) is 84.9 Å². The molecule has 0 fully saturated rings. The van der Waals surface area contributed by atoms with Gasteiger partial charge in [0.25, 0.3) is 5.91 Å². The SMILES string of the molecule is Cc1ccc(C(=O)NCc2ccc3c(c2)OCO3)cc1S(=O)(=O)N(C)C. The summed E-state index contributed by atoms with van der Waals surface area (Å²) in [4.78, 5) is 12.6. The van der Waals surface area contributed by atoms with Gasteiger partial charge in [0.2, 0.25) is 16.8 Å². The Balaban J connectivity index is 1.76. The minimum absolute atomic E-state index is 0.123. The highest BCUT2D eigenvalue weighted by Gasteiger charge is 2.21. The summed E-state index contributed by atoms with van der Waals surface area (Å²) in [5, 5.41) is 2.79. The first-order chi connectivity index (χ1) is 12.3. The number of carbonyl (C=O) groups is 1. The average molecular weight is 376 g/mol. The third-order valence-electron chi connectivity index (χ3n) is 4.10. The predicted octanol–water partition coefficient (Wildman–Crippen LogP) is 1.90. The first-order valence-electron chi connectivity index (χ1n) is 7.99. The van der Waals surface area contributed by atoms with E-state index in [9.17, 15) is 13.2 Å². The molecule has 0 aromatic heterocycles. The van der Waals surface area contributed by atoms with Crippen molar-refractivity contribution in [2.45, 2.75) is 18.4 Å². The fourth-order valence-corrected chi connectivity index (χ4v) is 3.70. The van der Waals surface area contributed by atoms with Crippen molar-refractivity contribution in [2.75, 3.05) is 20.9 Å². The molecule has 0 atom stereocenters. The van der Waals surface area contributed by atoms with E-state index >= 15 is 0 Å². The quantitative estimate of drug-likeness (QED) is 0.862. The van der Waals surface area contributed by atoms with Crippen LogP contribution in [0.4, 0.5) is 0 Å². The third-order valence-corrected chi connectivity index (χ3v) is 6.06. The van der Waals surface area contributed by atoms with Crippen LogP contribution in [0.5, 0.6) is 11.5 Å². The van der Waals surface area contributed by atoms with Crippen molar-refractivity contribution < 1.29 is 22.7 Å². The molecule has 1 N–H and O–H groups in total. The maximum absolute atomic E-state index is 12.4. The Morgan fingerprint density at radius 1 is 1.12 bits per heavy atom. The second-order valence-corrected chi connectivity index (χ2v) is 8.26. The van der Waals surface area contributed by atoms with Gasteiger partial charge in [-0.1, -0.05) is 12.1 Å². The zero-order valence-electron chi connectivity index (χ0n) is 14.8. The Kier molecular flexibility index (Phi) is 4.88. The predicted molar refractivity (Wildman–Crippen MR) is 95.8 cm³/mol. The van der Waals surface area contributed by atoms with Crippen molar-refractivity contribution in [3.8, 4) is 11.5 Å². The van der Waals surface area contributed by atoms with Gasteiger partial charge in [0.15, 0.2) is 11.5 Å². The highest BCUT2D eigenvalue weighted by atomic mass is 32.2. The van der Waals surface area contributed by atoms with Gasteiger partial charge >= 0.3 is 0 Å². The van der Waals surface area contributed by atoms with Gasteiger partial charge in [-0.05, 0) is 42.3 Å². The molecule has 0 unspecified atom stereocenters. The van der Waals surface area contributed by atoms with E-state index in [1.165, 1.54) is 20.2 Å². The summed E-state index contributed by atoms with van der Waals surface area (Å²) in [6, 6.07) is 10.1. The van der Waals surface area contributed by atoms with Crippen molar-refractivity contribution in [1.82, 2.24) is 9.62 Å². The standard InChI is InChI=1S/C18H20N2O5S/c1-12-4-6-14(9-17(12)26(22,23)20(2)3)18(21)19-10-13-5-7-15-16(8-13)25-11-24-15/h4-9H,10-11H2,1-3H3,(H,19,21). The highest BCUT2D eigenvalue weighted by Crippen LogP contribution is 2.32. The summed E-state index contributed by atoms with van der Waals surface area (Å²) in [6.07, 6.45) is 0. The van der Waals surface area contributed by atoms with Crippen LogP contribution >= 0.6 is 0 Å². The van der Waals surface area contributed by atoms with Gasteiger partial charge in [-0.3, -0.25) is 4.79 Å². The monoisotopic (exact) mass is 376 g/mol. The number of nitrogens with one attached hydrogen (secondary N) is 1. The smallest absolute Gasteiger partial charge is 0.251 e. The van der Waals surface area contributed by atoms with E-state index in [4.69, 9.17) is 9.47 Å². The lowest BCUT2D eigenvalue weighted by atomic mass is 10.1. The van der Waals surface area contributed by atoms with E-state index in [0.29, 0.717) is 23.6 Å². The minimum Gasteiger partial charge on any atom is -0.454 e. The van der Waals surface area contributed by atoms with Crippen LogP contribution in [0.25, 0.3) is 0 Å². The van der Waals surface area contributed by atoms with E-state index in [1.807, 2.05) is 6.07 Å². The zero-order valence-corrected chi connectivity index (χ0v) is 15.6. The maximum atomic E-state index is 12.4. The minimum atomic E-state index is -3.61. The van der Waals surface area contributed by atoms with E-state index in [0.717, 1.165) is 9.87 Å². The van der Waals surface area contributed by atoms with Crippen LogP contribution in [0.3, 0.4) is 0 Å². The average Bonchev–Trinajstić information content (AvgIpc) is 3.07. The summed E-state index contributed by atoms with van der Waals surface area (Å²) < 4.78 is 36.5. The number of hydrogen-bond acceptors (Lipinski definition) is 5. The molecule has 0 spiro atoms. The fourth-order valence-electron chi connectivity index (χ4n) is 2.55. The third kappa shape index (κ3) is 3.51. The van der Waals surface area contributed by atoms with Crippen LogP contribution in [0, 0.1) is 6.92 Å². The number of benzene rings is 2. The second kappa shape index (κ2) is 6.97. The van der Waals surface area contributed by atoms with Crippen molar-refractivity contribution in [1.29, 1.82) is 0 Å². The molecular weight excluding hydrogens is 356 g/mol. The number of aryl methyl sites for hydroxylation is 1. The lowest BCUT2D eigenvalue weighted by Crippen LogP contribution is -2.25. The first-order valence-corrected chi connectivity index (χ1v) is 9.43. The number of ether oxygens (including phenoxy) is 2. The molecule has 1 heterocycles. The highest BCUT2D eigenvalue weighted by molar-refractivity contribution is 7.89. The number of hydrogen-bond donors (Lipinski definition) is 1. The molecule has 0 radical (unpaired) electrons. The molecule has 2 aromatic rings. The van der Waals surface area contributed by atoms with Crippen LogP contribution < -0.4 is 14.8 Å². The lowest BCUT2D eigenvalue weighted by molar-refractivity contribution is 0.0950. The molecule has 0 saturated heterocycles. The van der Waals surface area contributed by atoms with Gasteiger partial charge in [0.1, 0.15) is 0 Å². The maximum Gasteiger partial charge on any atom is 0.251 e. The molecule has 0 aliphatic carbocycles. The number of amides is 1. The van der Waals surface area contributed by atoms with Crippen LogP contribution in [0.2, 0.25) is 0 Å². The Hall–Kier alpha value is -2.58. The molecular formula is C18H20N2O5S. The fraction of sp³-hybridized carbons (Fsp3) is 0.278. The van der Waals surface area contributed by atoms with E-state index in [1.54, 1.807) is 31.2 Å². The van der Waals surface area contributed by atoms with Gasteiger partial charge in [0, 0.05) is 26.2 Å². The van der Waals surface area contributed by atoms with Crippen molar-refractivity contribution in [3.63, 3.8) is 0 Å². The van der Waals surface area contributed by atoms with Gasteiger partial charge in [0.05, 0.1) is 4.90 Å². The number of sulfonamides is 1. The molecule has 8 heteroatoms. The normalized spacial score (nSPS) is 13.1. The second-order valence-electron chi connectivity index (χ2n) is 6.14. The van der Waals surface area contributed by atoms with Crippen LogP contribution in [0.15, 0.2) is 41.3 Å². The molecule has 7 nitrogen and oxygen atoms in total. The molecule has 0 saturated carbocycles. The summed E-state index contributed by atoms with van der Waals surface area (Å²) in [7, 11) is -0.696. The van der Waals surface area contributed by atoms with Gasteiger partial charge < -0.3 is 14.8 Å². The number of fused-ring (bicyclic) bond motifs is 1. The molecule has 3 rings (SSSR count). The molecule has 1 amide bonds. The van der Waals surface area contributed by atoms with Gasteiger partial charge in [-0.25, -0.2) is 12.7 Å². The largest absolute Gasteiger partial charge is 0.454 e. The summed E-state index contributed by atoms with van der Waals surface area (Å²) in [6.45, 7) is 2.18. The van der Waals surface area contributed by atoms with Crippen LogP contribution in [0.1, 0.15) is 21.5 Å². The van der Waals surface area contributed by atoms with Crippen molar-refractivity contribution in [2.24, 2.45) is 0 Å². The Labute approximate surface area is 152 Å². The van der Waals surface area contributed by atoms with E-state index < -0.39 is 10.0 Å². The zero-order chi connectivity index (χ0) is 18.9. The van der Waals surface area contributed by atoms with E-state index in [-0.39, 0.29) is 23.2 Å². The Morgan fingerprint density at radius 3 is 2.58 bits per heavy atom. The van der Waals surface area contributed by atoms with Crippen molar-refractivity contribution in [3.05, 3.63) is 53.1 Å². The molecule has 2 aromatic carbocycles. The molecule has 138 valence electrons. The lowest BCUT2D eigenvalue weighted by Gasteiger charge is -2.14.